The summed E-state index contributed by atoms with van der Waals surface area (Å²) in [6, 6.07) is 3.65. The number of hydrogen-bond donors (Lipinski definition) is 7. The number of aliphatic hydroxyl groups is 1. The normalized spacial score (nSPS) is 29.1. The zero-order valence-electron chi connectivity index (χ0n) is 23.1. The van der Waals surface area contributed by atoms with Gasteiger partial charge in [0.15, 0.2) is 12.0 Å². The molecule has 5 heterocycles. The molecule has 41 heavy (non-hydrogen) atoms. The number of guanidine groups is 2. The fourth-order valence-corrected chi connectivity index (χ4v) is 6.34. The van der Waals surface area contributed by atoms with Crippen molar-refractivity contribution in [2.45, 2.75) is 62.5 Å². The van der Waals surface area contributed by atoms with Crippen LogP contribution in [0.15, 0.2) is 35.6 Å². The van der Waals surface area contributed by atoms with Crippen molar-refractivity contribution in [3.05, 3.63) is 53.1 Å². The van der Waals surface area contributed by atoms with E-state index >= 15 is 0 Å². The Kier molecular flexibility index (Phi) is 6.25. The Hall–Kier alpha value is -4.46. The number of fused-ring (bicyclic) bond motifs is 1. The van der Waals surface area contributed by atoms with Crippen molar-refractivity contribution < 1.29 is 24.4 Å². The number of nitrogens with one attached hydrogen (secondary N) is 4. The highest BCUT2D eigenvalue weighted by molar-refractivity contribution is 5.98. The second kappa shape index (κ2) is 9.58. The van der Waals surface area contributed by atoms with Crippen molar-refractivity contribution in [1.82, 2.24) is 30.8 Å². The largest absolute Gasteiger partial charge is 0.492 e. The predicted molar refractivity (Wildman–Crippen MR) is 148 cm³/mol. The van der Waals surface area contributed by atoms with Gasteiger partial charge < -0.3 is 31.1 Å². The van der Waals surface area contributed by atoms with E-state index < -0.39 is 35.8 Å². The summed E-state index contributed by atoms with van der Waals surface area (Å²) in [7, 11) is 0. The van der Waals surface area contributed by atoms with Crippen LogP contribution in [0.3, 0.4) is 0 Å². The van der Waals surface area contributed by atoms with E-state index in [1.54, 1.807) is 24.1 Å². The summed E-state index contributed by atoms with van der Waals surface area (Å²) in [6.07, 6.45) is 2.65. The number of para-hydroxylation sites is 1. The first-order valence-corrected chi connectivity index (χ1v) is 13.6. The summed E-state index contributed by atoms with van der Waals surface area (Å²) in [5, 5.41) is 20.7. The second-order valence-electron chi connectivity index (χ2n) is 11.6. The quantitative estimate of drug-likeness (QED) is 0.194. The van der Waals surface area contributed by atoms with E-state index in [4.69, 9.17) is 16.2 Å². The minimum absolute atomic E-state index is 0.0877. The zero-order valence-corrected chi connectivity index (χ0v) is 23.1. The van der Waals surface area contributed by atoms with Gasteiger partial charge in [0.05, 0.1) is 30.1 Å². The van der Waals surface area contributed by atoms with Gasteiger partial charge in [-0.1, -0.05) is 26.0 Å². The number of hydrogen-bond acceptors (Lipinski definition) is 11. The molecule has 216 valence electrons. The van der Waals surface area contributed by atoms with Gasteiger partial charge in [0, 0.05) is 24.8 Å². The molecule has 1 aromatic heterocycles. The summed E-state index contributed by atoms with van der Waals surface area (Å²) in [6.45, 7) is 6.79. The average molecular weight is 564 g/mol. The molecule has 9 N–H and O–H groups in total. The number of carbonyl (C=O) groups is 2. The van der Waals surface area contributed by atoms with Gasteiger partial charge in [-0.15, -0.1) is 0 Å². The Balaban J connectivity index is 1.23. The molecule has 1 saturated heterocycles. The van der Waals surface area contributed by atoms with Crippen LogP contribution in [0.5, 0.6) is 5.75 Å². The van der Waals surface area contributed by atoms with Gasteiger partial charge in [-0.3, -0.25) is 25.3 Å². The fourth-order valence-electron chi connectivity index (χ4n) is 6.34. The Morgan fingerprint density at radius 3 is 2.85 bits per heavy atom. The lowest BCUT2D eigenvalue weighted by atomic mass is 9.79. The summed E-state index contributed by atoms with van der Waals surface area (Å²) in [5.74, 6) is 0.166. The first-order chi connectivity index (χ1) is 19.5. The second-order valence-corrected chi connectivity index (χ2v) is 11.6. The Morgan fingerprint density at radius 1 is 1.27 bits per heavy atom. The monoisotopic (exact) mass is 563 g/mol. The number of amides is 2. The van der Waals surface area contributed by atoms with E-state index in [0.717, 1.165) is 12.0 Å². The number of ether oxygens (including phenoxy) is 1. The number of nitrogens with zero attached hydrogens (tertiary/aromatic N) is 4. The third kappa shape index (κ3) is 4.29. The van der Waals surface area contributed by atoms with Gasteiger partial charge in [-0.25, -0.2) is 15.3 Å². The maximum Gasteiger partial charge on any atom is 0.343 e. The highest BCUT2D eigenvalue weighted by Gasteiger charge is 2.68. The number of aliphatic hydroxyl groups excluding tert-OH is 1. The smallest absolute Gasteiger partial charge is 0.343 e. The van der Waals surface area contributed by atoms with E-state index in [1.165, 1.54) is 6.20 Å². The van der Waals surface area contributed by atoms with Crippen molar-refractivity contribution >= 4 is 23.7 Å². The number of benzene rings is 1. The van der Waals surface area contributed by atoms with Crippen molar-refractivity contribution in [3.63, 3.8) is 0 Å². The minimum atomic E-state index is -1.21. The van der Waals surface area contributed by atoms with Crippen LogP contribution in [0.2, 0.25) is 0 Å². The average Bonchev–Trinajstić information content (AvgIpc) is 3.43. The first-order valence-electron chi connectivity index (χ1n) is 13.6. The van der Waals surface area contributed by atoms with Crippen molar-refractivity contribution in [2.75, 3.05) is 19.7 Å². The number of nitrogens with two attached hydrogens (primary N) is 2. The van der Waals surface area contributed by atoms with Gasteiger partial charge in [-0.05, 0) is 24.8 Å². The maximum atomic E-state index is 13.6. The molecule has 0 bridgehead atoms. The number of carbonyl (C=O) groups excluding carboxylic acids is 2. The van der Waals surface area contributed by atoms with Gasteiger partial charge in [0.2, 0.25) is 5.66 Å². The summed E-state index contributed by atoms with van der Waals surface area (Å²) in [5.41, 5.74) is 13.4. The van der Waals surface area contributed by atoms with Crippen LogP contribution in [-0.4, -0.2) is 93.3 Å². The molecule has 1 aromatic carbocycles. The van der Waals surface area contributed by atoms with Crippen LogP contribution in [0, 0.1) is 6.92 Å². The van der Waals surface area contributed by atoms with Crippen molar-refractivity contribution in [2.24, 2.45) is 16.5 Å². The predicted octanol–water partition coefficient (Wildman–Crippen LogP) is -3.19. The van der Waals surface area contributed by atoms with Gasteiger partial charge in [0.25, 0.3) is 11.8 Å². The van der Waals surface area contributed by atoms with E-state index in [-0.39, 0.29) is 42.0 Å². The lowest BCUT2D eigenvalue weighted by molar-refractivity contribution is -0.513. The van der Waals surface area contributed by atoms with Crippen LogP contribution in [0.25, 0.3) is 0 Å². The molecule has 4 aliphatic rings. The Labute approximate surface area is 236 Å². The van der Waals surface area contributed by atoms with E-state index in [1.807, 2.05) is 12.1 Å². The van der Waals surface area contributed by atoms with Gasteiger partial charge in [-0.2, -0.15) is 0 Å². The molecular weight excluding hydrogens is 528 g/mol. The number of aliphatic imine (C=N–C) groups is 1. The molecule has 1 fully saturated rings. The molecule has 0 aliphatic carbocycles. The topological polar surface area (TPSA) is 207 Å². The van der Waals surface area contributed by atoms with Crippen LogP contribution >= 0.6 is 0 Å². The third-order valence-corrected chi connectivity index (χ3v) is 8.48. The molecule has 5 atom stereocenters. The number of aryl methyl sites for hydroxylation is 1. The summed E-state index contributed by atoms with van der Waals surface area (Å²) < 4.78 is 5.94. The molecule has 6 rings (SSSR count). The van der Waals surface area contributed by atoms with Crippen LogP contribution < -0.4 is 37.1 Å². The summed E-state index contributed by atoms with van der Waals surface area (Å²) in [4.78, 5) is 44.0. The molecule has 2 amide bonds. The zero-order chi connectivity index (χ0) is 29.1. The maximum absolute atomic E-state index is 13.6. The van der Waals surface area contributed by atoms with Crippen LogP contribution in [0.4, 0.5) is 0 Å². The molecule has 4 aliphatic heterocycles. The SMILES string of the molecule is Cc1cncc(C(=O)NC[C@@H]2N=C(N)N3CC(NC(=O)c4cccc5c4OCCC5(C)C)[C@@H](O)[C@@]34NC(N)=[NH+][C@@H]24)n1. The lowest BCUT2D eigenvalue weighted by Crippen LogP contribution is -2.88. The lowest BCUT2D eigenvalue weighted by Gasteiger charge is -2.43. The minimum Gasteiger partial charge on any atom is -0.492 e. The summed E-state index contributed by atoms with van der Waals surface area (Å²) >= 11 is 0. The highest BCUT2D eigenvalue weighted by atomic mass is 16.5. The van der Waals surface area contributed by atoms with E-state index in [9.17, 15) is 14.7 Å². The third-order valence-electron chi connectivity index (χ3n) is 8.48. The fraction of sp³-hybridized carbons (Fsp3) is 0.481. The number of aromatic nitrogens is 2. The standard InChI is InChI=1S/C27H34N10O4/c1-13-9-30-10-17(32-13)23(40)31-11-16-20-27(36-24(28)35-20)21(38)18(12-37(27)25(29)34-16)33-22(39)14-5-4-6-15-19(14)41-8-7-26(15,2)3/h4-6,9-10,16,18,20-21,38H,7-8,11-12H2,1-3H3,(H2,29,34)(H,31,40)(H,33,39)(H3,28,35,36)/p+1/t16-,18?,20-,21+,27-/m0/s1. The Bertz CT molecular complexity index is 1480. The van der Waals surface area contributed by atoms with Gasteiger partial charge in [0.1, 0.15) is 23.6 Å². The molecule has 1 spiro atoms. The molecular formula is C27H35N10O4+. The Morgan fingerprint density at radius 2 is 2.07 bits per heavy atom. The molecule has 0 saturated carbocycles. The van der Waals surface area contributed by atoms with Crippen LogP contribution in [0.1, 0.15) is 52.4 Å². The molecule has 1 unspecified atom stereocenters. The molecule has 2 aromatic rings. The highest BCUT2D eigenvalue weighted by Crippen LogP contribution is 2.41. The molecule has 0 radical (unpaired) electrons. The number of rotatable bonds is 5. The molecule has 14 nitrogen and oxygen atoms in total. The van der Waals surface area contributed by atoms with E-state index in [2.05, 4.69) is 49.8 Å². The van der Waals surface area contributed by atoms with Crippen LogP contribution in [-0.2, 0) is 5.41 Å². The van der Waals surface area contributed by atoms with Crippen molar-refractivity contribution in [3.8, 4) is 5.75 Å². The first kappa shape index (κ1) is 26.7. The van der Waals surface area contributed by atoms with Crippen molar-refractivity contribution in [1.29, 1.82) is 0 Å². The van der Waals surface area contributed by atoms with E-state index in [0.29, 0.717) is 23.6 Å². The molecule has 14 heteroatoms. The van der Waals surface area contributed by atoms with Gasteiger partial charge >= 0.3 is 5.96 Å².